The van der Waals surface area contributed by atoms with Crippen LogP contribution in [-0.4, -0.2) is 39.2 Å². The van der Waals surface area contributed by atoms with E-state index in [1.165, 1.54) is 36.5 Å². The summed E-state index contributed by atoms with van der Waals surface area (Å²) in [5.74, 6) is -2.74. The molecule has 0 aliphatic heterocycles. The Morgan fingerprint density at radius 2 is 2.06 bits per heavy atom. The Morgan fingerprint density at radius 1 is 1.34 bits per heavy atom. The fraction of sp³-hybridized carbons (Fsp3) is 0.304. The molecule has 0 radical (unpaired) electrons. The summed E-state index contributed by atoms with van der Waals surface area (Å²) in [4.78, 5) is 27.9. The number of fused-ring (bicyclic) bond motifs is 1. The van der Waals surface area contributed by atoms with E-state index in [2.05, 4.69) is 16.4 Å². The number of amides is 1. The molecular weight excluding hydrogens is 417 g/mol. The third kappa shape index (κ3) is 4.25. The van der Waals surface area contributed by atoms with E-state index in [1.54, 1.807) is 6.08 Å². The summed E-state index contributed by atoms with van der Waals surface area (Å²) in [6.07, 6.45) is 6.12. The summed E-state index contributed by atoms with van der Waals surface area (Å²) >= 11 is 0. The fourth-order valence-electron chi connectivity index (χ4n) is 3.71. The van der Waals surface area contributed by atoms with Crippen LogP contribution in [0.5, 0.6) is 11.5 Å². The Bertz CT molecular complexity index is 1230. The highest BCUT2D eigenvalue weighted by Crippen LogP contribution is 2.36. The molecule has 0 saturated heterocycles. The van der Waals surface area contributed by atoms with Gasteiger partial charge in [0.2, 0.25) is 5.60 Å². The van der Waals surface area contributed by atoms with Crippen molar-refractivity contribution in [3.05, 3.63) is 52.4 Å². The molecule has 1 fully saturated rings. The summed E-state index contributed by atoms with van der Waals surface area (Å²) in [5.41, 5.74) is -1.61. The van der Waals surface area contributed by atoms with Crippen LogP contribution in [-0.2, 0) is 4.79 Å². The van der Waals surface area contributed by atoms with Crippen LogP contribution < -0.4 is 20.5 Å². The first-order chi connectivity index (χ1) is 15.3. The maximum Gasteiger partial charge on any atom is 0.308 e. The van der Waals surface area contributed by atoms with Gasteiger partial charge in [0.25, 0.3) is 5.91 Å². The quantitative estimate of drug-likeness (QED) is 0.590. The number of nitriles is 1. The molecule has 4 rings (SSSR count). The summed E-state index contributed by atoms with van der Waals surface area (Å²) in [7, 11) is 0. The number of carboxylic acid groups (broad SMARTS) is 1. The highest BCUT2D eigenvalue weighted by atomic mass is 19.1. The summed E-state index contributed by atoms with van der Waals surface area (Å²) in [6.45, 7) is -0.0457. The van der Waals surface area contributed by atoms with E-state index in [1.807, 2.05) is 0 Å². The van der Waals surface area contributed by atoms with E-state index in [9.17, 15) is 29.5 Å². The summed E-state index contributed by atoms with van der Waals surface area (Å²) in [5, 5.41) is 32.9. The molecule has 0 bridgehead atoms. The number of pyridine rings is 1. The number of nitrogens with zero attached hydrogens (tertiary/aromatic N) is 2. The van der Waals surface area contributed by atoms with E-state index in [0.717, 1.165) is 12.8 Å². The van der Waals surface area contributed by atoms with Gasteiger partial charge in [-0.2, -0.15) is 5.26 Å². The minimum Gasteiger partial charge on any atom is -0.505 e. The van der Waals surface area contributed by atoms with Crippen molar-refractivity contribution in [2.45, 2.75) is 24.9 Å². The minimum atomic E-state index is -1.39. The van der Waals surface area contributed by atoms with Crippen molar-refractivity contribution in [2.24, 2.45) is 11.8 Å². The average molecular weight is 437 g/mol. The van der Waals surface area contributed by atoms with Crippen molar-refractivity contribution in [3.63, 3.8) is 0 Å². The molecule has 0 spiro atoms. The second-order valence-electron chi connectivity index (χ2n) is 7.93. The number of aromatic hydroxyl groups is 1. The van der Waals surface area contributed by atoms with Gasteiger partial charge >= 0.3 is 5.97 Å². The number of rotatable bonds is 7. The Kier molecular flexibility index (Phi) is 5.53. The molecule has 9 heteroatoms. The lowest BCUT2D eigenvalue weighted by Gasteiger charge is -2.25. The Labute approximate surface area is 182 Å². The molecule has 2 unspecified atom stereocenters. The number of carbonyl (C=O) groups is 2. The third-order valence-corrected chi connectivity index (χ3v) is 5.63. The van der Waals surface area contributed by atoms with Gasteiger partial charge in [0, 0.05) is 29.6 Å². The zero-order valence-corrected chi connectivity index (χ0v) is 16.9. The second-order valence-corrected chi connectivity index (χ2v) is 7.93. The van der Waals surface area contributed by atoms with Gasteiger partial charge in [-0.1, -0.05) is 6.08 Å². The minimum absolute atomic E-state index is 0.0457. The van der Waals surface area contributed by atoms with E-state index in [-0.39, 0.29) is 30.3 Å². The highest BCUT2D eigenvalue weighted by molar-refractivity contribution is 5.95. The lowest BCUT2D eigenvalue weighted by molar-refractivity contribution is -0.142. The van der Waals surface area contributed by atoms with Gasteiger partial charge in [0.1, 0.15) is 17.6 Å². The first-order valence-electron chi connectivity index (χ1n) is 10.1. The van der Waals surface area contributed by atoms with Gasteiger partial charge in [-0.15, -0.1) is 0 Å². The van der Waals surface area contributed by atoms with Gasteiger partial charge in [-0.05, 0) is 49.1 Å². The lowest BCUT2D eigenvalue weighted by Crippen LogP contribution is -2.42. The number of aromatic nitrogens is 1. The molecule has 2 aliphatic rings. The number of aliphatic carboxylic acids is 1. The molecular formula is C23H20FN3O5. The van der Waals surface area contributed by atoms with E-state index in [0.29, 0.717) is 16.2 Å². The third-order valence-electron chi connectivity index (χ3n) is 5.63. The van der Waals surface area contributed by atoms with E-state index in [4.69, 9.17) is 4.74 Å². The normalized spacial score (nSPS) is 20.0. The molecule has 1 amide bonds. The Morgan fingerprint density at radius 3 is 2.69 bits per heavy atom. The summed E-state index contributed by atoms with van der Waals surface area (Å²) in [6, 6.07) is 7.35. The van der Waals surface area contributed by atoms with Crippen LogP contribution in [0.3, 0.4) is 0 Å². The lowest BCUT2D eigenvalue weighted by atomic mass is 9.93. The molecule has 164 valence electrons. The van der Waals surface area contributed by atoms with Crippen LogP contribution in [0.1, 0.15) is 29.8 Å². The topological polar surface area (TPSA) is 133 Å². The monoisotopic (exact) mass is 437 g/mol. The number of halogens is 1. The van der Waals surface area contributed by atoms with Crippen LogP contribution >= 0.6 is 0 Å². The molecule has 2 aliphatic carbocycles. The van der Waals surface area contributed by atoms with Crippen molar-refractivity contribution in [1.82, 2.24) is 10.3 Å². The van der Waals surface area contributed by atoms with Crippen molar-refractivity contribution < 1.29 is 28.9 Å². The van der Waals surface area contributed by atoms with Gasteiger partial charge in [-0.3, -0.25) is 9.59 Å². The number of ether oxygens (including phenoxy) is 1. The largest absolute Gasteiger partial charge is 0.505 e. The van der Waals surface area contributed by atoms with Crippen molar-refractivity contribution in [1.29, 1.82) is 5.26 Å². The molecule has 32 heavy (non-hydrogen) atoms. The number of carbonyl (C=O) groups excluding carboxylic acids is 1. The molecule has 1 heterocycles. The van der Waals surface area contributed by atoms with Crippen LogP contribution in [0.4, 0.5) is 4.39 Å². The molecule has 1 aromatic heterocycles. The number of hydrogen-bond donors (Lipinski definition) is 3. The zero-order chi connectivity index (χ0) is 22.9. The number of benzene rings is 1. The molecule has 3 N–H and O–H groups in total. The standard InChI is InChI=1S/C23H20FN3O5/c24-15-3-5-16(6-4-15)32-23(12-25)8-7-17-14(9-23)10-26-19(20(17)28)21(29)27-11-18(22(30)31)13-1-2-13/h3-7,9-10,13,18,28H,1-2,8,11H2,(H,27,29)(H,30,31). The second kappa shape index (κ2) is 8.30. The van der Waals surface area contributed by atoms with Crippen molar-refractivity contribution in [2.75, 3.05) is 6.54 Å². The molecule has 2 atom stereocenters. The predicted octanol–water partition coefficient (Wildman–Crippen LogP) is 1.07. The zero-order valence-electron chi connectivity index (χ0n) is 16.9. The van der Waals surface area contributed by atoms with E-state index < -0.39 is 29.2 Å². The van der Waals surface area contributed by atoms with Crippen LogP contribution in [0.15, 0.2) is 30.5 Å². The van der Waals surface area contributed by atoms with Gasteiger partial charge in [-0.25, -0.2) is 9.37 Å². The van der Waals surface area contributed by atoms with Crippen LogP contribution in [0, 0.1) is 29.0 Å². The first kappa shape index (κ1) is 21.3. The fourth-order valence-corrected chi connectivity index (χ4v) is 3.71. The maximum atomic E-state index is 13.1. The first-order valence-corrected chi connectivity index (χ1v) is 10.1. The maximum absolute atomic E-state index is 13.1. The number of nitrogens with one attached hydrogen (secondary N) is 1. The molecule has 1 aromatic carbocycles. The van der Waals surface area contributed by atoms with Crippen LogP contribution in [0.25, 0.3) is 12.2 Å². The number of carboxylic acids is 1. The van der Waals surface area contributed by atoms with E-state index >= 15 is 0 Å². The molecule has 1 saturated carbocycles. The van der Waals surface area contributed by atoms with Gasteiger partial charge < -0.3 is 20.3 Å². The van der Waals surface area contributed by atoms with Crippen molar-refractivity contribution in [3.8, 4) is 17.6 Å². The Balaban J connectivity index is 1.57. The summed E-state index contributed by atoms with van der Waals surface area (Å²) < 4.78 is 18.9. The average Bonchev–Trinajstić information content (AvgIpc) is 3.60. The highest BCUT2D eigenvalue weighted by Gasteiger charge is 2.36. The van der Waals surface area contributed by atoms with Gasteiger partial charge in [0.05, 0.1) is 5.92 Å². The smallest absolute Gasteiger partial charge is 0.308 e. The van der Waals surface area contributed by atoms with Crippen molar-refractivity contribution >= 4 is 24.0 Å². The molecule has 2 aromatic rings. The number of hydrogen-bond acceptors (Lipinski definition) is 6. The van der Waals surface area contributed by atoms with Gasteiger partial charge in [0.15, 0.2) is 11.4 Å². The molecule has 8 nitrogen and oxygen atoms in total. The predicted molar refractivity (Wildman–Crippen MR) is 110 cm³/mol. The SMILES string of the molecule is N#CC1(Oc2ccc(F)cc2)C=c2cnc(C(=O)NCC(C(=O)O)C3CC3)c(O)c2=CC1. The Hall–Kier alpha value is -3.93. The van der Waals surface area contributed by atoms with Crippen LogP contribution in [0.2, 0.25) is 0 Å².